The maximum atomic E-state index is 5.91. The highest BCUT2D eigenvalue weighted by atomic mass is 16.5. The first-order chi connectivity index (χ1) is 6.18. The predicted octanol–water partition coefficient (Wildman–Crippen LogP) is 3.25. The zero-order valence-corrected chi connectivity index (χ0v) is 8.29. The number of hydrogen-bond donors (Lipinski definition) is 0. The molecule has 0 unspecified atom stereocenters. The van der Waals surface area contributed by atoms with Gasteiger partial charge in [0.25, 0.3) is 0 Å². The van der Waals surface area contributed by atoms with Crippen molar-refractivity contribution in [3.8, 4) is 5.75 Å². The molecule has 0 aromatic heterocycles. The van der Waals surface area contributed by atoms with Crippen LogP contribution in [0, 0.1) is 5.92 Å². The molecule has 1 aliphatic rings. The summed E-state index contributed by atoms with van der Waals surface area (Å²) in [5.74, 6) is 1.82. The van der Waals surface area contributed by atoms with Gasteiger partial charge >= 0.3 is 0 Å². The molecular formula is C12H16O. The van der Waals surface area contributed by atoms with Crippen LogP contribution >= 0.6 is 0 Å². The molecule has 0 amide bonds. The highest BCUT2D eigenvalue weighted by Gasteiger charge is 2.39. The van der Waals surface area contributed by atoms with Gasteiger partial charge in [-0.3, -0.25) is 0 Å². The Morgan fingerprint density at radius 2 is 1.85 bits per heavy atom. The minimum atomic E-state index is 0.0980. The summed E-state index contributed by atoms with van der Waals surface area (Å²) < 4.78 is 5.91. The van der Waals surface area contributed by atoms with E-state index in [-0.39, 0.29) is 5.60 Å². The van der Waals surface area contributed by atoms with Gasteiger partial charge in [0.1, 0.15) is 11.4 Å². The Bertz CT molecular complexity index is 272. The Hall–Kier alpha value is -0.980. The van der Waals surface area contributed by atoms with Gasteiger partial charge in [-0.1, -0.05) is 25.1 Å². The van der Waals surface area contributed by atoms with Crippen molar-refractivity contribution in [3.05, 3.63) is 30.3 Å². The average molecular weight is 176 g/mol. The second-order valence-electron chi connectivity index (χ2n) is 4.38. The van der Waals surface area contributed by atoms with Crippen LogP contribution in [0.4, 0.5) is 0 Å². The third-order valence-electron chi connectivity index (χ3n) is 2.67. The maximum Gasteiger partial charge on any atom is 0.120 e. The standard InChI is InChI=1S/C12H16O/c1-10-8-12(2,9-10)13-11-6-4-3-5-7-11/h3-7,10H,8-9H2,1-2H3. The van der Waals surface area contributed by atoms with Crippen LogP contribution in [-0.2, 0) is 0 Å². The van der Waals surface area contributed by atoms with Crippen molar-refractivity contribution >= 4 is 0 Å². The van der Waals surface area contributed by atoms with Crippen LogP contribution in [0.2, 0.25) is 0 Å². The number of hydrogen-bond acceptors (Lipinski definition) is 1. The molecule has 0 spiro atoms. The number of ether oxygens (including phenoxy) is 1. The normalized spacial score (nSPS) is 32.3. The van der Waals surface area contributed by atoms with Crippen molar-refractivity contribution in [2.24, 2.45) is 5.92 Å². The van der Waals surface area contributed by atoms with E-state index in [0.29, 0.717) is 0 Å². The molecule has 1 nitrogen and oxygen atoms in total. The third-order valence-corrected chi connectivity index (χ3v) is 2.67. The molecule has 0 bridgehead atoms. The largest absolute Gasteiger partial charge is 0.488 e. The highest BCUT2D eigenvalue weighted by molar-refractivity contribution is 5.22. The van der Waals surface area contributed by atoms with Crippen molar-refractivity contribution in [2.75, 3.05) is 0 Å². The van der Waals surface area contributed by atoms with Gasteiger partial charge in [0.2, 0.25) is 0 Å². The number of benzene rings is 1. The molecule has 1 aromatic carbocycles. The Kier molecular flexibility index (Phi) is 2.03. The summed E-state index contributed by atoms with van der Waals surface area (Å²) in [6.07, 6.45) is 2.36. The molecule has 1 heteroatoms. The van der Waals surface area contributed by atoms with Gasteiger partial charge in [0, 0.05) is 0 Å². The van der Waals surface area contributed by atoms with Gasteiger partial charge in [-0.25, -0.2) is 0 Å². The molecule has 2 rings (SSSR count). The quantitative estimate of drug-likeness (QED) is 0.672. The fourth-order valence-electron chi connectivity index (χ4n) is 2.27. The third kappa shape index (κ3) is 1.85. The minimum Gasteiger partial charge on any atom is -0.488 e. The molecule has 0 aliphatic heterocycles. The summed E-state index contributed by atoms with van der Waals surface area (Å²) in [7, 11) is 0. The molecule has 70 valence electrons. The molecule has 0 N–H and O–H groups in total. The first kappa shape index (κ1) is 8.61. The topological polar surface area (TPSA) is 9.23 Å². The Labute approximate surface area is 79.7 Å². The predicted molar refractivity (Wildman–Crippen MR) is 53.9 cm³/mol. The average Bonchev–Trinajstić information content (AvgIpc) is 2.03. The summed E-state index contributed by atoms with van der Waals surface area (Å²) in [6.45, 7) is 4.47. The lowest BCUT2D eigenvalue weighted by Gasteiger charge is -2.43. The van der Waals surface area contributed by atoms with Crippen molar-refractivity contribution in [2.45, 2.75) is 32.3 Å². The first-order valence-electron chi connectivity index (χ1n) is 4.92. The van der Waals surface area contributed by atoms with Gasteiger partial charge in [0.15, 0.2) is 0 Å². The molecule has 1 aromatic rings. The maximum absolute atomic E-state index is 5.91. The highest BCUT2D eigenvalue weighted by Crippen LogP contribution is 2.40. The van der Waals surface area contributed by atoms with Crippen molar-refractivity contribution in [1.29, 1.82) is 0 Å². The van der Waals surface area contributed by atoms with Crippen LogP contribution in [-0.4, -0.2) is 5.60 Å². The van der Waals surface area contributed by atoms with E-state index in [1.165, 1.54) is 12.8 Å². The lowest BCUT2D eigenvalue weighted by molar-refractivity contribution is -0.0269. The van der Waals surface area contributed by atoms with Crippen molar-refractivity contribution < 1.29 is 4.74 Å². The van der Waals surface area contributed by atoms with E-state index in [2.05, 4.69) is 13.8 Å². The second-order valence-corrected chi connectivity index (χ2v) is 4.38. The van der Waals surface area contributed by atoms with Crippen LogP contribution in [0.5, 0.6) is 5.75 Å². The summed E-state index contributed by atoms with van der Waals surface area (Å²) in [6, 6.07) is 10.1. The second kappa shape index (κ2) is 3.06. The molecule has 13 heavy (non-hydrogen) atoms. The lowest BCUT2D eigenvalue weighted by atomic mass is 9.73. The van der Waals surface area contributed by atoms with Gasteiger partial charge in [-0.05, 0) is 37.8 Å². The zero-order valence-electron chi connectivity index (χ0n) is 8.29. The van der Waals surface area contributed by atoms with Gasteiger partial charge in [0.05, 0.1) is 0 Å². The Morgan fingerprint density at radius 1 is 1.23 bits per heavy atom. The van der Waals surface area contributed by atoms with E-state index < -0.39 is 0 Å². The van der Waals surface area contributed by atoms with E-state index >= 15 is 0 Å². The van der Waals surface area contributed by atoms with Gasteiger partial charge in [-0.2, -0.15) is 0 Å². The monoisotopic (exact) mass is 176 g/mol. The Morgan fingerprint density at radius 3 is 2.38 bits per heavy atom. The van der Waals surface area contributed by atoms with Crippen LogP contribution in [0.25, 0.3) is 0 Å². The summed E-state index contributed by atoms with van der Waals surface area (Å²) >= 11 is 0. The lowest BCUT2D eigenvalue weighted by Crippen LogP contribution is -2.44. The van der Waals surface area contributed by atoms with Crippen LogP contribution in [0.1, 0.15) is 26.7 Å². The molecule has 1 saturated carbocycles. The number of para-hydroxylation sites is 1. The van der Waals surface area contributed by atoms with E-state index in [9.17, 15) is 0 Å². The van der Waals surface area contributed by atoms with E-state index in [4.69, 9.17) is 4.74 Å². The molecule has 0 radical (unpaired) electrons. The van der Waals surface area contributed by atoms with Crippen LogP contribution < -0.4 is 4.74 Å². The Balaban J connectivity index is 1.99. The number of rotatable bonds is 2. The van der Waals surface area contributed by atoms with Gasteiger partial charge in [-0.15, -0.1) is 0 Å². The molecule has 0 atom stereocenters. The smallest absolute Gasteiger partial charge is 0.120 e. The summed E-state index contributed by atoms with van der Waals surface area (Å²) in [4.78, 5) is 0. The first-order valence-corrected chi connectivity index (χ1v) is 4.92. The van der Waals surface area contributed by atoms with E-state index in [1.54, 1.807) is 0 Å². The van der Waals surface area contributed by atoms with Gasteiger partial charge < -0.3 is 4.74 Å². The van der Waals surface area contributed by atoms with E-state index in [0.717, 1.165) is 11.7 Å². The van der Waals surface area contributed by atoms with E-state index in [1.807, 2.05) is 30.3 Å². The molecule has 1 fully saturated rings. The SMILES string of the molecule is CC1CC(C)(Oc2ccccc2)C1. The molecule has 1 aliphatic carbocycles. The van der Waals surface area contributed by atoms with Crippen molar-refractivity contribution in [3.63, 3.8) is 0 Å². The van der Waals surface area contributed by atoms with Crippen molar-refractivity contribution in [1.82, 2.24) is 0 Å². The molecule has 0 heterocycles. The fraction of sp³-hybridized carbons (Fsp3) is 0.500. The molecular weight excluding hydrogens is 160 g/mol. The summed E-state index contributed by atoms with van der Waals surface area (Å²) in [5, 5.41) is 0. The van der Waals surface area contributed by atoms with Crippen LogP contribution in [0.3, 0.4) is 0 Å². The summed E-state index contributed by atoms with van der Waals surface area (Å²) in [5.41, 5.74) is 0.0980. The van der Waals surface area contributed by atoms with Crippen LogP contribution in [0.15, 0.2) is 30.3 Å². The molecule has 0 saturated heterocycles. The minimum absolute atomic E-state index is 0.0980. The zero-order chi connectivity index (χ0) is 9.31. The fourth-order valence-corrected chi connectivity index (χ4v) is 2.27.